The quantitative estimate of drug-likeness (QED) is 0.908. The molecular formula is C19H25N3O2. The molecule has 5 nitrogen and oxygen atoms in total. The zero-order valence-electron chi connectivity index (χ0n) is 14.7. The van der Waals surface area contributed by atoms with Crippen LogP contribution in [0.4, 0.5) is 0 Å². The summed E-state index contributed by atoms with van der Waals surface area (Å²) in [4.78, 5) is 20.1. The molecule has 2 aromatic rings. The number of nitrogens with zero attached hydrogens (tertiary/aromatic N) is 1. The summed E-state index contributed by atoms with van der Waals surface area (Å²) in [6.45, 7) is 7.01. The topological polar surface area (TPSA) is 67.0 Å². The molecule has 2 fully saturated rings. The summed E-state index contributed by atoms with van der Waals surface area (Å²) in [5.41, 5.74) is 1.64. The van der Waals surface area contributed by atoms with Crippen LogP contribution >= 0.6 is 0 Å². The molecule has 1 unspecified atom stereocenters. The van der Waals surface area contributed by atoms with E-state index in [2.05, 4.69) is 36.1 Å². The summed E-state index contributed by atoms with van der Waals surface area (Å²) in [5.74, 6) is 2.51. The number of amides is 1. The molecular weight excluding hydrogens is 302 g/mol. The summed E-state index contributed by atoms with van der Waals surface area (Å²) in [6.07, 6.45) is 4.12. The number of methoxy groups -OCH3 is 1. The Hall–Kier alpha value is -2.04. The third-order valence-corrected chi connectivity index (χ3v) is 6.31. The van der Waals surface area contributed by atoms with E-state index in [9.17, 15) is 4.79 Å². The minimum Gasteiger partial charge on any atom is -0.496 e. The van der Waals surface area contributed by atoms with Crippen molar-refractivity contribution in [2.75, 3.05) is 7.11 Å². The lowest BCUT2D eigenvalue weighted by molar-refractivity contribution is 0.0832. The average Bonchev–Trinajstić information content (AvgIpc) is 3.19. The van der Waals surface area contributed by atoms with Gasteiger partial charge in [-0.05, 0) is 48.1 Å². The molecule has 5 heteroatoms. The van der Waals surface area contributed by atoms with Crippen LogP contribution < -0.4 is 10.1 Å². The number of pyridine rings is 1. The Balaban J connectivity index is 1.55. The molecule has 4 atom stereocenters. The van der Waals surface area contributed by atoms with Gasteiger partial charge in [0, 0.05) is 12.2 Å². The maximum Gasteiger partial charge on any atom is 0.268 e. The molecule has 4 rings (SSSR count). The van der Waals surface area contributed by atoms with Gasteiger partial charge in [0.15, 0.2) is 0 Å². The molecule has 2 saturated carbocycles. The maximum atomic E-state index is 12.7. The first kappa shape index (κ1) is 15.5. The van der Waals surface area contributed by atoms with Crippen molar-refractivity contribution in [2.24, 2.45) is 23.2 Å². The number of carbonyl (C=O) groups excluding carboxylic acids is 1. The van der Waals surface area contributed by atoms with Gasteiger partial charge in [0.25, 0.3) is 5.91 Å². The van der Waals surface area contributed by atoms with E-state index < -0.39 is 0 Å². The molecule has 2 heterocycles. The largest absolute Gasteiger partial charge is 0.496 e. The molecule has 0 aliphatic heterocycles. The Morgan fingerprint density at radius 3 is 2.92 bits per heavy atom. The minimum absolute atomic E-state index is 0.0442. The average molecular weight is 327 g/mol. The van der Waals surface area contributed by atoms with Crippen LogP contribution in [-0.4, -0.2) is 29.0 Å². The number of rotatable bonds is 3. The molecule has 2 aromatic heterocycles. The van der Waals surface area contributed by atoms with Gasteiger partial charge >= 0.3 is 0 Å². The van der Waals surface area contributed by atoms with Crippen LogP contribution in [0.2, 0.25) is 0 Å². The molecule has 0 radical (unpaired) electrons. The zero-order chi connectivity index (χ0) is 17.1. The molecule has 2 aliphatic carbocycles. The highest BCUT2D eigenvalue weighted by Gasteiger charge is 2.54. The van der Waals surface area contributed by atoms with Crippen molar-refractivity contribution in [1.82, 2.24) is 15.3 Å². The van der Waals surface area contributed by atoms with E-state index in [1.165, 1.54) is 12.8 Å². The minimum atomic E-state index is -0.0442. The number of aromatic nitrogens is 2. The van der Waals surface area contributed by atoms with Crippen molar-refractivity contribution in [2.45, 2.75) is 39.7 Å². The van der Waals surface area contributed by atoms with E-state index in [0.717, 1.165) is 11.1 Å². The van der Waals surface area contributed by atoms with E-state index in [-0.39, 0.29) is 11.9 Å². The smallest absolute Gasteiger partial charge is 0.268 e. The lowest BCUT2D eigenvalue weighted by Crippen LogP contribution is -2.46. The molecule has 2 N–H and O–H groups in total. The van der Waals surface area contributed by atoms with Gasteiger partial charge in [-0.15, -0.1) is 0 Å². The van der Waals surface area contributed by atoms with Crippen molar-refractivity contribution >= 4 is 16.9 Å². The molecule has 2 bridgehead atoms. The fourth-order valence-electron chi connectivity index (χ4n) is 5.22. The SMILES string of the molecule is COc1ccnc2[nH]c(C(=O)N[C@H]3C4C[C@@H]([C@@H]3C)C(C)(C)C4)cc12. The summed E-state index contributed by atoms with van der Waals surface area (Å²) in [7, 11) is 1.63. The second-order valence-electron chi connectivity index (χ2n) is 8.11. The zero-order valence-corrected chi connectivity index (χ0v) is 14.7. The van der Waals surface area contributed by atoms with Gasteiger partial charge in [-0.1, -0.05) is 20.8 Å². The van der Waals surface area contributed by atoms with Gasteiger partial charge in [0.05, 0.1) is 12.5 Å². The van der Waals surface area contributed by atoms with Gasteiger partial charge in [0.2, 0.25) is 0 Å². The number of fused-ring (bicyclic) bond motifs is 3. The Bertz CT molecular complexity index is 793. The van der Waals surface area contributed by atoms with E-state index >= 15 is 0 Å². The van der Waals surface area contributed by atoms with Crippen LogP contribution in [0, 0.1) is 23.2 Å². The number of hydrogen-bond donors (Lipinski definition) is 2. The first-order chi connectivity index (χ1) is 11.4. The number of ether oxygens (including phenoxy) is 1. The Labute approximate surface area is 142 Å². The third-order valence-electron chi connectivity index (χ3n) is 6.31. The first-order valence-corrected chi connectivity index (χ1v) is 8.73. The number of hydrogen-bond acceptors (Lipinski definition) is 3. The second kappa shape index (κ2) is 5.23. The summed E-state index contributed by atoms with van der Waals surface area (Å²) >= 11 is 0. The highest BCUT2D eigenvalue weighted by molar-refractivity contribution is 5.98. The monoisotopic (exact) mass is 327 g/mol. The van der Waals surface area contributed by atoms with E-state index in [0.29, 0.717) is 34.5 Å². The van der Waals surface area contributed by atoms with Crippen molar-refractivity contribution in [3.8, 4) is 5.75 Å². The number of aromatic amines is 1. The first-order valence-electron chi connectivity index (χ1n) is 8.73. The number of H-pyrrole nitrogens is 1. The third kappa shape index (κ3) is 2.21. The fourth-order valence-corrected chi connectivity index (χ4v) is 5.22. The van der Waals surface area contributed by atoms with Crippen LogP contribution in [0.25, 0.3) is 11.0 Å². The van der Waals surface area contributed by atoms with Gasteiger partial charge in [-0.2, -0.15) is 0 Å². The predicted molar refractivity (Wildman–Crippen MR) is 93.1 cm³/mol. The lowest BCUT2D eigenvalue weighted by atomic mass is 9.70. The van der Waals surface area contributed by atoms with E-state index in [1.54, 1.807) is 19.4 Å². The molecule has 0 aromatic carbocycles. The summed E-state index contributed by atoms with van der Waals surface area (Å²) in [6, 6.07) is 3.91. The van der Waals surface area contributed by atoms with Crippen LogP contribution in [0.3, 0.4) is 0 Å². The standard InChI is InChI=1S/C19H25N3O2/c1-10-13-7-11(9-19(13,2)3)16(10)22-18(23)14-8-12-15(24-4)5-6-20-17(12)21-14/h5-6,8,10-11,13,16H,7,9H2,1-4H3,(H,20,21)(H,22,23)/t10-,11?,13-,16+/m0/s1. The van der Waals surface area contributed by atoms with Gasteiger partial charge < -0.3 is 15.0 Å². The highest BCUT2D eigenvalue weighted by Crippen LogP contribution is 2.58. The van der Waals surface area contributed by atoms with Crippen molar-refractivity contribution in [3.63, 3.8) is 0 Å². The second-order valence-corrected chi connectivity index (χ2v) is 8.11. The maximum absolute atomic E-state index is 12.7. The van der Waals surface area contributed by atoms with Gasteiger partial charge in [-0.25, -0.2) is 4.98 Å². The predicted octanol–water partition coefficient (Wildman–Crippen LogP) is 3.37. The fraction of sp³-hybridized carbons (Fsp3) is 0.579. The normalized spacial score (nSPS) is 30.7. The van der Waals surface area contributed by atoms with Crippen LogP contribution in [-0.2, 0) is 0 Å². The molecule has 128 valence electrons. The van der Waals surface area contributed by atoms with E-state index in [1.807, 2.05) is 6.07 Å². The Morgan fingerprint density at radius 1 is 1.46 bits per heavy atom. The molecule has 2 aliphatic rings. The molecule has 0 spiro atoms. The Kier molecular flexibility index (Phi) is 3.37. The molecule has 1 amide bonds. The van der Waals surface area contributed by atoms with Crippen molar-refractivity contribution in [3.05, 3.63) is 24.0 Å². The van der Waals surface area contributed by atoms with E-state index in [4.69, 9.17) is 4.74 Å². The van der Waals surface area contributed by atoms with Crippen LogP contribution in [0.15, 0.2) is 18.3 Å². The van der Waals surface area contributed by atoms with Gasteiger partial charge in [0.1, 0.15) is 17.1 Å². The summed E-state index contributed by atoms with van der Waals surface area (Å²) in [5, 5.41) is 4.11. The molecule has 24 heavy (non-hydrogen) atoms. The lowest BCUT2D eigenvalue weighted by Gasteiger charge is -2.39. The van der Waals surface area contributed by atoms with Crippen molar-refractivity contribution < 1.29 is 9.53 Å². The Morgan fingerprint density at radius 2 is 2.25 bits per heavy atom. The summed E-state index contributed by atoms with van der Waals surface area (Å²) < 4.78 is 5.34. The highest BCUT2D eigenvalue weighted by atomic mass is 16.5. The van der Waals surface area contributed by atoms with Crippen molar-refractivity contribution in [1.29, 1.82) is 0 Å². The van der Waals surface area contributed by atoms with Gasteiger partial charge in [-0.3, -0.25) is 4.79 Å². The van der Waals surface area contributed by atoms with Crippen LogP contribution in [0.1, 0.15) is 44.1 Å². The van der Waals surface area contributed by atoms with Crippen LogP contribution in [0.5, 0.6) is 5.75 Å². The number of nitrogens with one attached hydrogen (secondary N) is 2. The number of carbonyl (C=O) groups is 1. The molecule has 0 saturated heterocycles.